The molecular weight excluding hydrogens is 308 g/mol. The zero-order chi connectivity index (χ0) is 17.3. The van der Waals surface area contributed by atoms with Gasteiger partial charge in [-0.3, -0.25) is 13.9 Å². The number of aryl methyl sites for hydroxylation is 1. The lowest BCUT2D eigenvalue weighted by Crippen LogP contribution is -2.44. The predicted molar refractivity (Wildman–Crippen MR) is 92.6 cm³/mol. The summed E-state index contributed by atoms with van der Waals surface area (Å²) in [6.07, 6.45) is 3.38. The molecule has 8 nitrogen and oxygen atoms in total. The summed E-state index contributed by atoms with van der Waals surface area (Å²) in [6.45, 7) is 3.50. The highest BCUT2D eigenvalue weighted by Gasteiger charge is 2.22. The molecule has 2 aromatic rings. The first-order valence-electron chi connectivity index (χ1n) is 8.03. The number of piperidine rings is 1. The van der Waals surface area contributed by atoms with Crippen molar-refractivity contribution in [3.63, 3.8) is 0 Å². The van der Waals surface area contributed by atoms with Crippen LogP contribution in [0.1, 0.15) is 18.5 Å². The molecule has 0 unspecified atom stereocenters. The molecule has 128 valence electrons. The third-order valence-electron chi connectivity index (χ3n) is 4.48. The van der Waals surface area contributed by atoms with E-state index in [9.17, 15) is 9.59 Å². The van der Waals surface area contributed by atoms with Gasteiger partial charge in [0.1, 0.15) is 18.0 Å². The topological polar surface area (TPSA) is 85.0 Å². The van der Waals surface area contributed by atoms with Crippen molar-refractivity contribution in [3.05, 3.63) is 45.0 Å². The lowest BCUT2D eigenvalue weighted by Gasteiger charge is -2.34. The molecule has 0 aliphatic carbocycles. The van der Waals surface area contributed by atoms with Crippen LogP contribution in [0, 0.1) is 6.92 Å². The second kappa shape index (κ2) is 6.46. The van der Waals surface area contributed by atoms with Gasteiger partial charge in [0.2, 0.25) is 0 Å². The number of aromatic nitrogens is 4. The fourth-order valence-electron chi connectivity index (χ4n) is 3.02. The van der Waals surface area contributed by atoms with Crippen molar-refractivity contribution >= 4 is 11.6 Å². The Hall–Kier alpha value is -2.64. The van der Waals surface area contributed by atoms with E-state index in [1.807, 2.05) is 13.0 Å². The highest BCUT2D eigenvalue weighted by atomic mass is 16.2. The molecule has 24 heavy (non-hydrogen) atoms. The molecule has 2 aromatic heterocycles. The van der Waals surface area contributed by atoms with Crippen LogP contribution in [-0.2, 0) is 14.1 Å². The molecule has 0 bridgehead atoms. The molecule has 0 radical (unpaired) electrons. The Bertz CT molecular complexity index is 848. The summed E-state index contributed by atoms with van der Waals surface area (Å²) in [5.41, 5.74) is 0.360. The van der Waals surface area contributed by atoms with E-state index in [0.29, 0.717) is 11.9 Å². The Morgan fingerprint density at radius 2 is 1.79 bits per heavy atom. The van der Waals surface area contributed by atoms with Crippen LogP contribution >= 0.6 is 0 Å². The first-order valence-corrected chi connectivity index (χ1v) is 8.03. The summed E-state index contributed by atoms with van der Waals surface area (Å²) in [5, 5.41) is 3.43. The number of hydrogen-bond donors (Lipinski definition) is 1. The Kier molecular flexibility index (Phi) is 4.37. The molecule has 3 rings (SSSR count). The Morgan fingerprint density at radius 3 is 2.46 bits per heavy atom. The molecule has 0 spiro atoms. The third-order valence-corrected chi connectivity index (χ3v) is 4.48. The van der Waals surface area contributed by atoms with Crippen molar-refractivity contribution in [2.75, 3.05) is 23.3 Å². The van der Waals surface area contributed by atoms with E-state index < -0.39 is 0 Å². The number of nitrogens with zero attached hydrogens (tertiary/aromatic N) is 5. The molecule has 0 amide bonds. The van der Waals surface area contributed by atoms with E-state index in [2.05, 4.69) is 20.2 Å². The maximum absolute atomic E-state index is 12.1. The van der Waals surface area contributed by atoms with Crippen LogP contribution in [0.5, 0.6) is 0 Å². The van der Waals surface area contributed by atoms with Gasteiger partial charge in [0.25, 0.3) is 5.56 Å². The molecule has 1 N–H and O–H groups in total. The fourth-order valence-corrected chi connectivity index (χ4v) is 3.02. The maximum Gasteiger partial charge on any atom is 0.332 e. The summed E-state index contributed by atoms with van der Waals surface area (Å²) < 4.78 is 2.65. The number of rotatable bonds is 3. The summed E-state index contributed by atoms with van der Waals surface area (Å²) in [4.78, 5) is 34.4. The lowest BCUT2D eigenvalue weighted by atomic mass is 10.1. The minimum absolute atomic E-state index is 0.273. The number of nitrogens with one attached hydrogen (secondary N) is 1. The van der Waals surface area contributed by atoms with Crippen LogP contribution in [0.25, 0.3) is 0 Å². The normalized spacial score (nSPS) is 15.5. The average Bonchev–Trinajstić information content (AvgIpc) is 2.57. The van der Waals surface area contributed by atoms with E-state index in [4.69, 9.17) is 0 Å². The van der Waals surface area contributed by atoms with E-state index in [1.165, 1.54) is 17.7 Å². The second-order valence-corrected chi connectivity index (χ2v) is 6.19. The molecule has 0 aromatic carbocycles. The molecule has 0 saturated carbocycles. The Labute approximate surface area is 139 Å². The van der Waals surface area contributed by atoms with Crippen LogP contribution in [0.15, 0.2) is 28.0 Å². The molecular formula is C16H22N6O2. The van der Waals surface area contributed by atoms with Crippen molar-refractivity contribution in [1.29, 1.82) is 0 Å². The smallest absolute Gasteiger partial charge is 0.332 e. The zero-order valence-corrected chi connectivity index (χ0v) is 14.2. The Morgan fingerprint density at radius 1 is 1.08 bits per heavy atom. The number of hydrogen-bond acceptors (Lipinski definition) is 6. The monoisotopic (exact) mass is 330 g/mol. The highest BCUT2D eigenvalue weighted by Crippen LogP contribution is 2.19. The van der Waals surface area contributed by atoms with Gasteiger partial charge in [-0.25, -0.2) is 14.8 Å². The van der Waals surface area contributed by atoms with Gasteiger partial charge in [0, 0.05) is 51.1 Å². The maximum atomic E-state index is 12.1. The van der Waals surface area contributed by atoms with Crippen LogP contribution in [0.4, 0.5) is 11.6 Å². The SMILES string of the molecule is Cc1cc(NC2CCN(c3cc(=O)n(C)c(=O)n3C)CC2)ncn1. The van der Waals surface area contributed by atoms with Crippen molar-refractivity contribution in [2.45, 2.75) is 25.8 Å². The quantitative estimate of drug-likeness (QED) is 0.869. The Balaban J connectivity index is 1.70. The second-order valence-electron chi connectivity index (χ2n) is 6.19. The molecule has 1 fully saturated rings. The van der Waals surface area contributed by atoms with Gasteiger partial charge in [-0.1, -0.05) is 0 Å². The van der Waals surface area contributed by atoms with Gasteiger partial charge >= 0.3 is 5.69 Å². The van der Waals surface area contributed by atoms with E-state index in [0.717, 1.165) is 42.0 Å². The zero-order valence-electron chi connectivity index (χ0n) is 14.2. The van der Waals surface area contributed by atoms with E-state index in [-0.39, 0.29) is 11.2 Å². The molecule has 0 atom stereocenters. The van der Waals surface area contributed by atoms with Gasteiger partial charge in [-0.2, -0.15) is 0 Å². The minimum atomic E-state index is -0.297. The summed E-state index contributed by atoms with van der Waals surface area (Å²) in [5.74, 6) is 1.52. The molecule has 1 aliphatic heterocycles. The lowest BCUT2D eigenvalue weighted by molar-refractivity contribution is 0.512. The van der Waals surface area contributed by atoms with E-state index in [1.54, 1.807) is 13.4 Å². The first-order chi connectivity index (χ1) is 11.5. The van der Waals surface area contributed by atoms with Crippen molar-refractivity contribution in [2.24, 2.45) is 14.1 Å². The van der Waals surface area contributed by atoms with Gasteiger partial charge in [0.15, 0.2) is 0 Å². The van der Waals surface area contributed by atoms with Crippen LogP contribution in [-0.4, -0.2) is 38.2 Å². The largest absolute Gasteiger partial charge is 0.367 e. The summed E-state index contributed by atoms with van der Waals surface area (Å²) in [6, 6.07) is 3.78. The highest BCUT2D eigenvalue weighted by molar-refractivity contribution is 5.40. The molecule has 1 aliphatic rings. The van der Waals surface area contributed by atoms with Crippen LogP contribution < -0.4 is 21.5 Å². The van der Waals surface area contributed by atoms with Crippen molar-refractivity contribution in [1.82, 2.24) is 19.1 Å². The molecule has 8 heteroatoms. The van der Waals surface area contributed by atoms with Gasteiger partial charge in [0.05, 0.1) is 0 Å². The number of anilines is 2. The standard InChI is InChI=1S/C16H22N6O2/c1-11-8-13(18-10-17-11)19-12-4-6-22(7-5-12)14-9-15(23)21(3)16(24)20(14)2/h8-10,12H,4-7H2,1-3H3,(H,17,18,19). The van der Waals surface area contributed by atoms with Gasteiger partial charge in [-0.15, -0.1) is 0 Å². The van der Waals surface area contributed by atoms with Crippen molar-refractivity contribution in [3.8, 4) is 0 Å². The first kappa shape index (κ1) is 16.2. The summed E-state index contributed by atoms with van der Waals surface area (Å²) >= 11 is 0. The fraction of sp³-hybridized carbons (Fsp3) is 0.500. The molecule has 1 saturated heterocycles. The summed E-state index contributed by atoms with van der Waals surface area (Å²) in [7, 11) is 3.19. The van der Waals surface area contributed by atoms with Crippen LogP contribution in [0.2, 0.25) is 0 Å². The van der Waals surface area contributed by atoms with Crippen molar-refractivity contribution < 1.29 is 0 Å². The van der Waals surface area contributed by atoms with Gasteiger partial charge < -0.3 is 10.2 Å². The van der Waals surface area contributed by atoms with Gasteiger partial charge in [-0.05, 0) is 19.8 Å². The van der Waals surface area contributed by atoms with Crippen LogP contribution in [0.3, 0.4) is 0 Å². The molecule has 3 heterocycles. The minimum Gasteiger partial charge on any atom is -0.367 e. The predicted octanol–water partition coefficient (Wildman–Crippen LogP) is 0.263. The van der Waals surface area contributed by atoms with E-state index >= 15 is 0 Å². The third kappa shape index (κ3) is 3.17. The average molecular weight is 330 g/mol.